The van der Waals surface area contributed by atoms with Crippen LogP contribution in [0.5, 0.6) is 5.75 Å². The number of hydrogen-bond donors (Lipinski definition) is 1. The van der Waals surface area contributed by atoms with E-state index < -0.39 is 24.3 Å². The van der Waals surface area contributed by atoms with Crippen molar-refractivity contribution in [1.29, 1.82) is 0 Å². The number of anilines is 1. The van der Waals surface area contributed by atoms with Crippen molar-refractivity contribution in [2.24, 2.45) is 0 Å². The Kier molecular flexibility index (Phi) is 5.89. The van der Waals surface area contributed by atoms with Crippen LogP contribution in [0.2, 0.25) is 0 Å². The summed E-state index contributed by atoms with van der Waals surface area (Å²) in [4.78, 5) is 16.6. The molecule has 3 aromatic carbocycles. The van der Waals surface area contributed by atoms with Crippen LogP contribution in [0, 0.1) is 0 Å². The van der Waals surface area contributed by atoms with E-state index in [0.29, 0.717) is 17.1 Å². The number of halogens is 3. The molecule has 0 aliphatic heterocycles. The SMILES string of the molecule is O=C(COc1ccccc1-c1nc(-c2ccccc2)no1)Nc1cccc(C(F)(F)F)c1. The summed E-state index contributed by atoms with van der Waals surface area (Å²) in [5, 5.41) is 6.36. The molecule has 0 unspecified atom stereocenters. The van der Waals surface area contributed by atoms with E-state index in [9.17, 15) is 18.0 Å². The number of para-hydroxylation sites is 1. The molecule has 0 fully saturated rings. The number of aromatic nitrogens is 2. The van der Waals surface area contributed by atoms with Crippen LogP contribution in [0.1, 0.15) is 5.56 Å². The van der Waals surface area contributed by atoms with Crippen molar-refractivity contribution in [3.63, 3.8) is 0 Å². The molecule has 0 aliphatic rings. The fraction of sp³-hybridized carbons (Fsp3) is 0.0870. The zero-order valence-electron chi connectivity index (χ0n) is 16.5. The molecule has 9 heteroatoms. The highest BCUT2D eigenvalue weighted by molar-refractivity contribution is 5.92. The van der Waals surface area contributed by atoms with Crippen LogP contribution in [-0.4, -0.2) is 22.7 Å². The summed E-state index contributed by atoms with van der Waals surface area (Å²) in [7, 11) is 0. The van der Waals surface area contributed by atoms with Crippen molar-refractivity contribution in [3.05, 3.63) is 84.4 Å². The lowest BCUT2D eigenvalue weighted by Gasteiger charge is -2.11. The Morgan fingerprint density at radius 1 is 0.969 bits per heavy atom. The first-order valence-electron chi connectivity index (χ1n) is 9.48. The third-order valence-corrected chi connectivity index (χ3v) is 4.41. The van der Waals surface area contributed by atoms with Gasteiger partial charge in [-0.05, 0) is 30.3 Å². The van der Waals surface area contributed by atoms with E-state index in [1.54, 1.807) is 24.3 Å². The quantitative estimate of drug-likeness (QED) is 0.433. The van der Waals surface area contributed by atoms with E-state index in [1.165, 1.54) is 12.1 Å². The Bertz CT molecular complexity index is 1220. The molecule has 1 aromatic heterocycles. The highest BCUT2D eigenvalue weighted by Crippen LogP contribution is 2.31. The average Bonchev–Trinajstić information content (AvgIpc) is 3.28. The minimum atomic E-state index is -4.50. The number of nitrogens with zero attached hydrogens (tertiary/aromatic N) is 2. The van der Waals surface area contributed by atoms with E-state index in [0.717, 1.165) is 17.7 Å². The number of carbonyl (C=O) groups is 1. The van der Waals surface area contributed by atoms with Gasteiger partial charge in [0, 0.05) is 11.3 Å². The molecule has 0 radical (unpaired) electrons. The third kappa shape index (κ3) is 4.94. The number of benzene rings is 3. The Balaban J connectivity index is 1.45. The van der Waals surface area contributed by atoms with Gasteiger partial charge in [0.1, 0.15) is 5.75 Å². The monoisotopic (exact) mass is 439 g/mol. The van der Waals surface area contributed by atoms with Gasteiger partial charge in [-0.25, -0.2) is 0 Å². The van der Waals surface area contributed by atoms with Gasteiger partial charge in [0.15, 0.2) is 6.61 Å². The van der Waals surface area contributed by atoms with Gasteiger partial charge in [-0.3, -0.25) is 4.79 Å². The van der Waals surface area contributed by atoms with Crippen molar-refractivity contribution < 1.29 is 27.2 Å². The molecule has 1 N–H and O–H groups in total. The summed E-state index contributed by atoms with van der Waals surface area (Å²) in [5.74, 6) is 0.306. The minimum Gasteiger partial charge on any atom is -0.483 e. The first-order chi connectivity index (χ1) is 15.4. The molecule has 0 saturated heterocycles. The molecule has 4 aromatic rings. The van der Waals surface area contributed by atoms with E-state index in [4.69, 9.17) is 9.26 Å². The van der Waals surface area contributed by atoms with Crippen molar-refractivity contribution in [1.82, 2.24) is 10.1 Å². The first-order valence-corrected chi connectivity index (χ1v) is 9.48. The zero-order chi connectivity index (χ0) is 22.6. The second-order valence-electron chi connectivity index (χ2n) is 6.70. The van der Waals surface area contributed by atoms with Gasteiger partial charge in [-0.1, -0.05) is 53.7 Å². The number of rotatable bonds is 6. The van der Waals surface area contributed by atoms with E-state index in [1.807, 2.05) is 30.3 Å². The smallest absolute Gasteiger partial charge is 0.416 e. The standard InChI is InChI=1S/C23H16F3N3O3/c24-23(25,26)16-9-6-10-17(13-16)27-20(30)14-31-19-12-5-4-11-18(19)22-28-21(29-32-22)15-7-2-1-3-8-15/h1-13H,14H2,(H,27,30). The number of alkyl halides is 3. The van der Waals surface area contributed by atoms with E-state index >= 15 is 0 Å². The zero-order valence-corrected chi connectivity index (χ0v) is 16.5. The largest absolute Gasteiger partial charge is 0.483 e. The number of carbonyl (C=O) groups excluding carboxylic acids is 1. The molecule has 1 heterocycles. The van der Waals surface area contributed by atoms with Gasteiger partial charge in [0.25, 0.3) is 11.8 Å². The predicted molar refractivity (Wildman–Crippen MR) is 111 cm³/mol. The van der Waals surface area contributed by atoms with Crippen LogP contribution in [0.3, 0.4) is 0 Å². The molecule has 0 saturated carbocycles. The van der Waals surface area contributed by atoms with Gasteiger partial charge in [-0.2, -0.15) is 18.2 Å². The van der Waals surface area contributed by atoms with Gasteiger partial charge >= 0.3 is 6.18 Å². The lowest BCUT2D eigenvalue weighted by molar-refractivity contribution is -0.137. The summed E-state index contributed by atoms with van der Waals surface area (Å²) in [6, 6.07) is 20.4. The maximum atomic E-state index is 12.8. The van der Waals surface area contributed by atoms with Crippen molar-refractivity contribution >= 4 is 11.6 Å². The normalized spacial score (nSPS) is 11.2. The maximum absolute atomic E-state index is 12.8. The molecular weight excluding hydrogens is 423 g/mol. The van der Waals surface area contributed by atoms with Gasteiger partial charge in [0.05, 0.1) is 11.1 Å². The fourth-order valence-electron chi connectivity index (χ4n) is 2.92. The lowest BCUT2D eigenvalue weighted by atomic mass is 10.2. The average molecular weight is 439 g/mol. The molecule has 162 valence electrons. The molecule has 0 spiro atoms. The Labute approximate surface area is 180 Å². The number of ether oxygens (including phenoxy) is 1. The summed E-state index contributed by atoms with van der Waals surface area (Å²) in [5.41, 5.74) is 0.425. The molecule has 0 bridgehead atoms. The summed E-state index contributed by atoms with van der Waals surface area (Å²) in [6.45, 7) is -0.424. The van der Waals surface area contributed by atoms with Crippen LogP contribution in [0.15, 0.2) is 83.4 Å². The van der Waals surface area contributed by atoms with Crippen LogP contribution in [-0.2, 0) is 11.0 Å². The third-order valence-electron chi connectivity index (χ3n) is 4.41. The predicted octanol–water partition coefficient (Wildman–Crippen LogP) is 5.44. The second kappa shape index (κ2) is 8.93. The summed E-state index contributed by atoms with van der Waals surface area (Å²) in [6.07, 6.45) is -4.50. The van der Waals surface area contributed by atoms with Crippen LogP contribution >= 0.6 is 0 Å². The Morgan fingerprint density at radius 3 is 2.50 bits per heavy atom. The Hall–Kier alpha value is -4.14. The minimum absolute atomic E-state index is 0.0196. The molecule has 1 amide bonds. The molecule has 32 heavy (non-hydrogen) atoms. The van der Waals surface area contributed by atoms with Crippen LogP contribution < -0.4 is 10.1 Å². The molecule has 6 nitrogen and oxygen atoms in total. The number of amides is 1. The molecular formula is C23H16F3N3O3. The van der Waals surface area contributed by atoms with Gasteiger partial charge in [-0.15, -0.1) is 0 Å². The van der Waals surface area contributed by atoms with Gasteiger partial charge < -0.3 is 14.6 Å². The fourth-order valence-corrected chi connectivity index (χ4v) is 2.92. The van der Waals surface area contributed by atoms with E-state index in [2.05, 4.69) is 15.5 Å². The highest BCUT2D eigenvalue weighted by Gasteiger charge is 2.30. The first kappa shape index (κ1) is 21.1. The second-order valence-corrected chi connectivity index (χ2v) is 6.70. The maximum Gasteiger partial charge on any atom is 0.416 e. The van der Waals surface area contributed by atoms with Crippen molar-refractivity contribution in [2.75, 3.05) is 11.9 Å². The number of hydrogen-bond acceptors (Lipinski definition) is 5. The summed E-state index contributed by atoms with van der Waals surface area (Å²) >= 11 is 0. The molecule has 4 rings (SSSR count). The molecule has 0 atom stereocenters. The van der Waals surface area contributed by atoms with E-state index in [-0.39, 0.29) is 11.6 Å². The number of nitrogens with one attached hydrogen (secondary N) is 1. The van der Waals surface area contributed by atoms with Gasteiger partial charge in [0.2, 0.25) is 5.82 Å². The summed E-state index contributed by atoms with van der Waals surface area (Å²) < 4.78 is 49.4. The van der Waals surface area contributed by atoms with Crippen LogP contribution in [0.4, 0.5) is 18.9 Å². The Morgan fingerprint density at radius 2 is 1.72 bits per heavy atom. The molecule has 0 aliphatic carbocycles. The lowest BCUT2D eigenvalue weighted by Crippen LogP contribution is -2.20. The van der Waals surface area contributed by atoms with Crippen molar-refractivity contribution in [2.45, 2.75) is 6.18 Å². The highest BCUT2D eigenvalue weighted by atomic mass is 19.4. The van der Waals surface area contributed by atoms with Crippen LogP contribution in [0.25, 0.3) is 22.8 Å². The topological polar surface area (TPSA) is 77.2 Å². The van der Waals surface area contributed by atoms with Crippen molar-refractivity contribution in [3.8, 4) is 28.6 Å².